The molecule has 1 saturated heterocycles. The standard InChI is InChI=1S/C25H36FN5O7S/c1-16(2)35-13-10-29-39(33,34)20-6-7-22(21(26)14-20)30-23-18(5)24(28-15-27-23)37-19-8-11-31(12-9-19)38-25(32)36-17(3)4/h6-7,14-17,19,29H,8-13H2,1-5H3,(H,27,28,30). The van der Waals surface area contributed by atoms with E-state index in [2.05, 4.69) is 20.0 Å². The van der Waals surface area contributed by atoms with Gasteiger partial charge in [0.05, 0.1) is 35.0 Å². The molecule has 216 valence electrons. The lowest BCUT2D eigenvalue weighted by atomic mass is 10.1. The van der Waals surface area contributed by atoms with Crippen LogP contribution in [0.4, 0.5) is 20.7 Å². The molecule has 2 heterocycles. The monoisotopic (exact) mass is 569 g/mol. The number of hydrogen-bond donors (Lipinski definition) is 2. The Labute approximate surface area is 228 Å². The fraction of sp³-hybridized carbons (Fsp3) is 0.560. The Kier molecular flexibility index (Phi) is 10.8. The summed E-state index contributed by atoms with van der Waals surface area (Å²) >= 11 is 0. The Bertz CT molecular complexity index is 1220. The first-order chi connectivity index (χ1) is 18.4. The van der Waals surface area contributed by atoms with Crippen LogP contribution < -0.4 is 14.8 Å². The number of anilines is 2. The molecule has 1 aliphatic heterocycles. The second-order valence-electron chi connectivity index (χ2n) is 9.49. The lowest BCUT2D eigenvalue weighted by Crippen LogP contribution is -2.40. The molecule has 0 atom stereocenters. The van der Waals surface area contributed by atoms with Crippen LogP contribution in [0.1, 0.15) is 46.1 Å². The third-order valence-electron chi connectivity index (χ3n) is 5.60. The first-order valence-corrected chi connectivity index (χ1v) is 14.2. The van der Waals surface area contributed by atoms with Gasteiger partial charge in [0, 0.05) is 32.5 Å². The molecule has 0 radical (unpaired) electrons. The van der Waals surface area contributed by atoms with E-state index in [1.807, 2.05) is 13.8 Å². The molecule has 1 aromatic carbocycles. The first-order valence-electron chi connectivity index (χ1n) is 12.7. The van der Waals surface area contributed by atoms with Gasteiger partial charge in [0.2, 0.25) is 15.9 Å². The fourth-order valence-electron chi connectivity index (χ4n) is 3.64. The summed E-state index contributed by atoms with van der Waals surface area (Å²) in [5.74, 6) is -0.116. The number of carbonyl (C=O) groups excluding carboxylic acids is 1. The van der Waals surface area contributed by atoms with E-state index in [1.165, 1.54) is 23.5 Å². The van der Waals surface area contributed by atoms with Gasteiger partial charge in [-0.2, -0.15) is 0 Å². The average molecular weight is 570 g/mol. The van der Waals surface area contributed by atoms with Crippen molar-refractivity contribution in [2.75, 3.05) is 31.6 Å². The van der Waals surface area contributed by atoms with Crippen LogP contribution in [0.3, 0.4) is 0 Å². The van der Waals surface area contributed by atoms with Crippen molar-refractivity contribution in [3.05, 3.63) is 35.9 Å². The van der Waals surface area contributed by atoms with Gasteiger partial charge in [0.25, 0.3) is 0 Å². The van der Waals surface area contributed by atoms with Gasteiger partial charge >= 0.3 is 6.16 Å². The average Bonchev–Trinajstić information content (AvgIpc) is 2.86. The molecule has 0 aliphatic carbocycles. The zero-order valence-corrected chi connectivity index (χ0v) is 23.6. The molecule has 14 heteroatoms. The maximum atomic E-state index is 14.9. The van der Waals surface area contributed by atoms with Crippen LogP contribution in [0.2, 0.25) is 0 Å². The maximum absolute atomic E-state index is 14.9. The lowest BCUT2D eigenvalue weighted by molar-refractivity contribution is -0.151. The van der Waals surface area contributed by atoms with Gasteiger partial charge in [-0.25, -0.2) is 32.3 Å². The molecule has 0 spiro atoms. The number of hydroxylamine groups is 2. The molecule has 0 saturated carbocycles. The largest absolute Gasteiger partial charge is 0.528 e. The molecule has 0 bridgehead atoms. The van der Waals surface area contributed by atoms with Gasteiger partial charge in [-0.3, -0.25) is 0 Å². The first kappa shape index (κ1) is 30.5. The van der Waals surface area contributed by atoms with E-state index < -0.39 is 22.0 Å². The number of nitrogens with one attached hydrogen (secondary N) is 2. The van der Waals surface area contributed by atoms with Crippen molar-refractivity contribution >= 4 is 27.7 Å². The Balaban J connectivity index is 1.58. The quantitative estimate of drug-likeness (QED) is 0.286. The number of halogens is 1. The van der Waals surface area contributed by atoms with Crippen molar-refractivity contribution in [1.82, 2.24) is 19.8 Å². The molecule has 1 aliphatic rings. The van der Waals surface area contributed by atoms with Gasteiger partial charge in [-0.15, -0.1) is 5.06 Å². The molecule has 1 aromatic heterocycles. The summed E-state index contributed by atoms with van der Waals surface area (Å²) in [5, 5.41) is 4.42. The highest BCUT2D eigenvalue weighted by atomic mass is 32.2. The van der Waals surface area contributed by atoms with Gasteiger partial charge in [-0.05, 0) is 52.8 Å². The van der Waals surface area contributed by atoms with Crippen LogP contribution in [0.15, 0.2) is 29.4 Å². The van der Waals surface area contributed by atoms with Crippen molar-refractivity contribution in [3.8, 4) is 5.88 Å². The Morgan fingerprint density at radius 1 is 1.15 bits per heavy atom. The third kappa shape index (κ3) is 9.27. The van der Waals surface area contributed by atoms with Crippen molar-refractivity contribution in [3.63, 3.8) is 0 Å². The van der Waals surface area contributed by atoms with E-state index in [1.54, 1.807) is 20.8 Å². The number of carbonyl (C=O) groups is 1. The van der Waals surface area contributed by atoms with E-state index in [0.29, 0.717) is 43.2 Å². The number of piperidine rings is 1. The summed E-state index contributed by atoms with van der Waals surface area (Å²) in [6.45, 7) is 10.1. The SMILES string of the molecule is Cc1c(Nc2ccc(S(=O)(=O)NCCOC(C)C)cc2F)ncnc1OC1CCN(OC(=O)OC(C)C)CC1. The van der Waals surface area contributed by atoms with Gasteiger partial charge in [0.15, 0.2) is 0 Å². The van der Waals surface area contributed by atoms with Crippen LogP contribution in [0, 0.1) is 12.7 Å². The minimum atomic E-state index is -3.90. The number of sulfonamides is 1. The summed E-state index contributed by atoms with van der Waals surface area (Å²) in [6.07, 6.45) is 1.27. The van der Waals surface area contributed by atoms with Crippen LogP contribution in [0.25, 0.3) is 0 Å². The van der Waals surface area contributed by atoms with Crippen LogP contribution in [-0.4, -0.2) is 74.2 Å². The van der Waals surface area contributed by atoms with Crippen LogP contribution >= 0.6 is 0 Å². The topological polar surface area (TPSA) is 141 Å². The fourth-order valence-corrected chi connectivity index (χ4v) is 4.67. The van der Waals surface area contributed by atoms with Gasteiger partial charge in [0.1, 0.15) is 24.1 Å². The number of hydrogen-bond acceptors (Lipinski definition) is 11. The number of benzene rings is 1. The zero-order valence-electron chi connectivity index (χ0n) is 22.8. The molecule has 2 aromatic rings. The van der Waals surface area contributed by atoms with E-state index in [-0.39, 0.29) is 42.0 Å². The minimum Gasteiger partial charge on any atom is -0.474 e. The molecule has 39 heavy (non-hydrogen) atoms. The second kappa shape index (κ2) is 13.8. The third-order valence-corrected chi connectivity index (χ3v) is 7.06. The molecular formula is C25H36FN5O7S. The van der Waals surface area contributed by atoms with E-state index in [0.717, 1.165) is 6.07 Å². The van der Waals surface area contributed by atoms with Crippen molar-refractivity contribution in [1.29, 1.82) is 0 Å². The highest BCUT2D eigenvalue weighted by Gasteiger charge is 2.25. The number of rotatable bonds is 12. The molecule has 0 amide bonds. The predicted octanol–water partition coefficient (Wildman–Crippen LogP) is 3.69. The number of aromatic nitrogens is 2. The molecular weight excluding hydrogens is 533 g/mol. The normalized spacial score (nSPS) is 15.0. The summed E-state index contributed by atoms with van der Waals surface area (Å²) in [5.41, 5.74) is 0.600. The predicted molar refractivity (Wildman–Crippen MR) is 141 cm³/mol. The highest BCUT2D eigenvalue weighted by Crippen LogP contribution is 2.28. The van der Waals surface area contributed by atoms with Crippen molar-refractivity contribution < 1.29 is 36.7 Å². The summed E-state index contributed by atoms with van der Waals surface area (Å²) in [6, 6.07) is 3.57. The number of nitrogens with zero attached hydrogens (tertiary/aromatic N) is 3. The van der Waals surface area contributed by atoms with Crippen molar-refractivity contribution in [2.24, 2.45) is 0 Å². The smallest absolute Gasteiger partial charge is 0.474 e. The zero-order chi connectivity index (χ0) is 28.6. The maximum Gasteiger partial charge on any atom is 0.528 e. The minimum absolute atomic E-state index is 0.0250. The summed E-state index contributed by atoms with van der Waals surface area (Å²) < 4.78 is 58.6. The second-order valence-corrected chi connectivity index (χ2v) is 11.3. The number of ether oxygens (including phenoxy) is 3. The van der Waals surface area contributed by atoms with Crippen LogP contribution in [-0.2, 0) is 24.3 Å². The van der Waals surface area contributed by atoms with Gasteiger partial charge in [-0.1, -0.05) is 0 Å². The highest BCUT2D eigenvalue weighted by molar-refractivity contribution is 7.89. The molecule has 0 unspecified atom stereocenters. The molecule has 3 rings (SSSR count). The van der Waals surface area contributed by atoms with Crippen molar-refractivity contribution in [2.45, 2.75) is 70.7 Å². The van der Waals surface area contributed by atoms with Crippen LogP contribution in [0.5, 0.6) is 5.88 Å². The van der Waals surface area contributed by atoms with E-state index in [9.17, 15) is 17.6 Å². The Hall–Kier alpha value is -3.07. The molecule has 2 N–H and O–H groups in total. The molecule has 1 fully saturated rings. The van der Waals surface area contributed by atoms with Gasteiger partial charge < -0.3 is 24.4 Å². The van der Waals surface area contributed by atoms with E-state index in [4.69, 9.17) is 19.0 Å². The van der Waals surface area contributed by atoms with E-state index >= 15 is 0 Å². The lowest BCUT2D eigenvalue weighted by Gasteiger charge is -2.30. The Morgan fingerprint density at radius 3 is 2.51 bits per heavy atom. The summed E-state index contributed by atoms with van der Waals surface area (Å²) in [4.78, 5) is 25.1. The molecule has 12 nitrogen and oxygen atoms in total. The Morgan fingerprint density at radius 2 is 1.87 bits per heavy atom. The summed E-state index contributed by atoms with van der Waals surface area (Å²) in [7, 11) is -3.90.